The lowest BCUT2D eigenvalue weighted by Gasteiger charge is -2.25. The molecule has 0 aliphatic heterocycles. The van der Waals surface area contributed by atoms with E-state index in [1.54, 1.807) is 30.3 Å². The zero-order valence-corrected chi connectivity index (χ0v) is 19.1. The van der Waals surface area contributed by atoms with Crippen molar-refractivity contribution in [3.63, 3.8) is 0 Å². The lowest BCUT2D eigenvalue weighted by atomic mass is 9.95. The molecule has 0 N–H and O–H groups in total. The van der Waals surface area contributed by atoms with Gasteiger partial charge in [-0.2, -0.15) is 0 Å². The van der Waals surface area contributed by atoms with Gasteiger partial charge in [-0.05, 0) is 60.0 Å². The fraction of sp³-hybridized carbons (Fsp3) is 0. The summed E-state index contributed by atoms with van der Waals surface area (Å²) in [6.07, 6.45) is 0. The maximum atomic E-state index is 13.4. The first-order chi connectivity index (χ1) is 16.7. The van der Waals surface area contributed by atoms with E-state index < -0.39 is 0 Å². The molecule has 5 rings (SSSR count). The van der Waals surface area contributed by atoms with E-state index in [1.807, 2.05) is 72.1 Å². The number of benzene rings is 4. The Bertz CT molecular complexity index is 1370. The second-order valence-corrected chi connectivity index (χ2v) is 8.68. The van der Waals surface area contributed by atoms with Crippen LogP contribution in [0.3, 0.4) is 0 Å². The first-order valence-corrected chi connectivity index (χ1v) is 11.8. The number of ketones is 2. The van der Waals surface area contributed by atoms with Gasteiger partial charge in [0.25, 0.3) is 0 Å². The van der Waals surface area contributed by atoms with Crippen molar-refractivity contribution in [2.24, 2.45) is 0 Å². The van der Waals surface area contributed by atoms with Crippen LogP contribution in [-0.4, -0.2) is 11.6 Å². The Hall–Kier alpha value is -4.28. The first-order valence-electron chi connectivity index (χ1n) is 10.9. The largest absolute Gasteiger partial charge is 0.311 e. The third-order valence-corrected chi connectivity index (χ3v) is 6.45. The highest BCUT2D eigenvalue weighted by Gasteiger charge is 2.20. The first kappa shape index (κ1) is 21.6. The fourth-order valence-electron chi connectivity index (χ4n) is 3.94. The van der Waals surface area contributed by atoms with E-state index in [9.17, 15) is 9.59 Å². The summed E-state index contributed by atoms with van der Waals surface area (Å²) in [6.45, 7) is 0. The fourth-order valence-corrected chi connectivity index (χ4v) is 4.62. The quantitative estimate of drug-likeness (QED) is 0.234. The molecular weight excluding hydrogens is 438 g/mol. The summed E-state index contributed by atoms with van der Waals surface area (Å²) in [5, 5.41) is 1.86. The second kappa shape index (κ2) is 9.69. The molecule has 0 amide bonds. The van der Waals surface area contributed by atoms with Gasteiger partial charge in [0.2, 0.25) is 5.78 Å². The second-order valence-electron chi connectivity index (χ2n) is 7.73. The Balaban J connectivity index is 1.49. The molecule has 164 valence electrons. The zero-order valence-electron chi connectivity index (χ0n) is 18.3. The standard InChI is InChI=1S/C30H21NO2S/c32-29(26-14-7-8-15-27(26)30(33)28-16-9-21-34-28)22-17-19-25(20-18-22)31(23-10-3-1-4-11-23)24-12-5-2-6-13-24/h1-21H. The van der Waals surface area contributed by atoms with Crippen molar-refractivity contribution >= 4 is 40.0 Å². The van der Waals surface area contributed by atoms with Crippen molar-refractivity contribution in [2.75, 3.05) is 4.90 Å². The molecule has 3 nitrogen and oxygen atoms in total. The summed E-state index contributed by atoms with van der Waals surface area (Å²) in [5.74, 6) is -0.298. The number of hydrogen-bond donors (Lipinski definition) is 0. The molecule has 0 bridgehead atoms. The van der Waals surface area contributed by atoms with E-state index in [2.05, 4.69) is 29.2 Å². The average Bonchev–Trinajstić information content (AvgIpc) is 3.45. The molecular formula is C30H21NO2S. The lowest BCUT2D eigenvalue weighted by Crippen LogP contribution is -2.12. The van der Waals surface area contributed by atoms with E-state index in [4.69, 9.17) is 0 Å². The Morgan fingerprint density at radius 1 is 0.500 bits per heavy atom. The van der Waals surface area contributed by atoms with Gasteiger partial charge in [0.1, 0.15) is 0 Å². The minimum absolute atomic E-state index is 0.130. The number of para-hydroxylation sites is 2. The topological polar surface area (TPSA) is 37.4 Å². The number of anilines is 3. The molecule has 0 aliphatic rings. The van der Waals surface area contributed by atoms with Gasteiger partial charge >= 0.3 is 0 Å². The smallest absolute Gasteiger partial charge is 0.203 e. The molecule has 0 spiro atoms. The summed E-state index contributed by atoms with van der Waals surface area (Å²) in [5.41, 5.74) is 4.37. The van der Waals surface area contributed by atoms with Crippen LogP contribution < -0.4 is 4.90 Å². The molecule has 0 unspecified atom stereocenters. The summed E-state index contributed by atoms with van der Waals surface area (Å²) < 4.78 is 0. The van der Waals surface area contributed by atoms with Gasteiger partial charge in [-0.1, -0.05) is 66.7 Å². The number of carbonyl (C=O) groups is 2. The molecule has 34 heavy (non-hydrogen) atoms. The van der Waals surface area contributed by atoms with Gasteiger partial charge in [0, 0.05) is 33.8 Å². The van der Waals surface area contributed by atoms with Crippen LogP contribution in [0.25, 0.3) is 0 Å². The molecule has 1 heterocycles. The van der Waals surface area contributed by atoms with Crippen molar-refractivity contribution in [1.82, 2.24) is 0 Å². The van der Waals surface area contributed by atoms with E-state index >= 15 is 0 Å². The van der Waals surface area contributed by atoms with Gasteiger partial charge in [-0.3, -0.25) is 9.59 Å². The Kier molecular flexibility index (Phi) is 6.15. The van der Waals surface area contributed by atoms with Crippen LogP contribution in [0.1, 0.15) is 31.2 Å². The van der Waals surface area contributed by atoms with Gasteiger partial charge < -0.3 is 4.90 Å². The van der Waals surface area contributed by atoms with Crippen molar-refractivity contribution < 1.29 is 9.59 Å². The van der Waals surface area contributed by atoms with Crippen LogP contribution in [0.15, 0.2) is 127 Å². The van der Waals surface area contributed by atoms with Gasteiger partial charge in [-0.25, -0.2) is 0 Å². The van der Waals surface area contributed by atoms with Crippen molar-refractivity contribution in [3.8, 4) is 0 Å². The van der Waals surface area contributed by atoms with Crippen LogP contribution in [-0.2, 0) is 0 Å². The maximum Gasteiger partial charge on any atom is 0.203 e. The Morgan fingerprint density at radius 3 is 1.53 bits per heavy atom. The third kappa shape index (κ3) is 4.32. The summed E-state index contributed by atoms with van der Waals surface area (Å²) >= 11 is 1.38. The zero-order chi connectivity index (χ0) is 23.3. The summed E-state index contributed by atoms with van der Waals surface area (Å²) in [4.78, 5) is 29.1. The maximum absolute atomic E-state index is 13.4. The van der Waals surface area contributed by atoms with Crippen LogP contribution in [0.2, 0.25) is 0 Å². The molecule has 4 aromatic carbocycles. The highest BCUT2D eigenvalue weighted by atomic mass is 32.1. The molecule has 5 aromatic rings. The molecule has 0 fully saturated rings. The number of thiophene rings is 1. The normalized spacial score (nSPS) is 10.6. The Morgan fingerprint density at radius 2 is 1.00 bits per heavy atom. The predicted molar refractivity (Wildman–Crippen MR) is 139 cm³/mol. The minimum Gasteiger partial charge on any atom is -0.311 e. The molecule has 0 saturated heterocycles. The Labute approximate surface area is 202 Å². The van der Waals surface area contributed by atoms with E-state index in [0.717, 1.165) is 17.1 Å². The van der Waals surface area contributed by atoms with Gasteiger partial charge in [-0.15, -0.1) is 11.3 Å². The van der Waals surface area contributed by atoms with Crippen molar-refractivity contribution in [3.05, 3.63) is 148 Å². The highest BCUT2D eigenvalue weighted by Crippen LogP contribution is 2.34. The van der Waals surface area contributed by atoms with E-state index in [1.165, 1.54) is 11.3 Å². The lowest BCUT2D eigenvalue weighted by molar-refractivity contribution is 0.100. The van der Waals surface area contributed by atoms with Gasteiger partial charge in [0.15, 0.2) is 5.78 Å². The van der Waals surface area contributed by atoms with Crippen LogP contribution in [0, 0.1) is 0 Å². The summed E-state index contributed by atoms with van der Waals surface area (Å²) in [7, 11) is 0. The number of carbonyl (C=O) groups excluding carboxylic acids is 2. The minimum atomic E-state index is -0.168. The van der Waals surface area contributed by atoms with Crippen molar-refractivity contribution in [2.45, 2.75) is 0 Å². The summed E-state index contributed by atoms with van der Waals surface area (Å²) in [6, 6.07) is 38.4. The van der Waals surface area contributed by atoms with Crippen molar-refractivity contribution in [1.29, 1.82) is 0 Å². The molecule has 0 saturated carbocycles. The van der Waals surface area contributed by atoms with Crippen LogP contribution in [0.4, 0.5) is 17.1 Å². The third-order valence-electron chi connectivity index (χ3n) is 5.58. The highest BCUT2D eigenvalue weighted by molar-refractivity contribution is 7.12. The SMILES string of the molecule is O=C(c1ccc(N(c2ccccc2)c2ccccc2)cc1)c1ccccc1C(=O)c1cccs1. The predicted octanol–water partition coefficient (Wildman–Crippen LogP) is 7.68. The molecule has 0 atom stereocenters. The molecule has 1 aromatic heterocycles. The van der Waals surface area contributed by atoms with E-state index in [0.29, 0.717) is 21.6 Å². The van der Waals surface area contributed by atoms with E-state index in [-0.39, 0.29) is 11.6 Å². The number of rotatable bonds is 7. The van der Waals surface area contributed by atoms with Crippen LogP contribution >= 0.6 is 11.3 Å². The number of nitrogens with zero attached hydrogens (tertiary/aromatic N) is 1. The van der Waals surface area contributed by atoms with Crippen LogP contribution in [0.5, 0.6) is 0 Å². The monoisotopic (exact) mass is 459 g/mol. The van der Waals surface area contributed by atoms with Gasteiger partial charge in [0.05, 0.1) is 4.88 Å². The molecule has 0 radical (unpaired) electrons. The molecule has 0 aliphatic carbocycles. The number of hydrogen-bond acceptors (Lipinski definition) is 4. The average molecular weight is 460 g/mol. The molecule has 4 heteroatoms.